The van der Waals surface area contributed by atoms with Crippen LogP contribution in [0.2, 0.25) is 0 Å². The van der Waals surface area contributed by atoms with Gasteiger partial charge in [-0.25, -0.2) is 4.79 Å². The van der Waals surface area contributed by atoms with Crippen LogP contribution in [0.25, 0.3) is 27.8 Å². The highest BCUT2D eigenvalue weighted by Gasteiger charge is 2.35. The van der Waals surface area contributed by atoms with Gasteiger partial charge in [-0.15, -0.1) is 0 Å². The van der Waals surface area contributed by atoms with Crippen LogP contribution in [-0.2, 0) is 20.9 Å². The highest BCUT2D eigenvalue weighted by Crippen LogP contribution is 2.34. The molecular weight excluding hydrogens is 578 g/mol. The summed E-state index contributed by atoms with van der Waals surface area (Å²) in [5.74, 6) is -0.414. The van der Waals surface area contributed by atoms with Crippen molar-refractivity contribution in [2.45, 2.75) is 6.54 Å². The molecule has 1 saturated heterocycles. The van der Waals surface area contributed by atoms with Gasteiger partial charge < -0.3 is 19.4 Å². The van der Waals surface area contributed by atoms with Crippen LogP contribution in [0.15, 0.2) is 102 Å². The maximum Gasteiger partial charge on any atom is 0.337 e. The predicted molar refractivity (Wildman–Crippen MR) is 170 cm³/mol. The number of methoxy groups -OCH3 is 1. The Morgan fingerprint density at radius 1 is 0.886 bits per heavy atom. The summed E-state index contributed by atoms with van der Waals surface area (Å²) in [6.07, 6.45) is 3.49. The standard InChI is InChI=1S/C34H27N3O6S/c1-42-33(40)23-13-15-25(16-14-23)35-31(38)21-36-20-24(26-9-4-5-11-28(26)36)19-30-32(39)37(34(41)44-30)17-18-43-29-12-6-8-22-7-2-3-10-27(22)29/h2-16,19-20H,17-18,21H2,1H3,(H,35,38)/b30-19-. The first-order valence-electron chi connectivity index (χ1n) is 13.8. The minimum atomic E-state index is -0.457. The number of ether oxygens (including phenoxy) is 2. The van der Waals surface area contributed by atoms with Gasteiger partial charge in [0.05, 0.1) is 24.1 Å². The Hall–Kier alpha value is -5.35. The fourth-order valence-corrected chi connectivity index (χ4v) is 5.94. The van der Waals surface area contributed by atoms with Gasteiger partial charge in [0.15, 0.2) is 0 Å². The Labute approximate surface area is 257 Å². The lowest BCUT2D eigenvalue weighted by atomic mass is 10.1. The van der Waals surface area contributed by atoms with Gasteiger partial charge in [0, 0.05) is 33.7 Å². The second kappa shape index (κ2) is 12.5. The maximum atomic E-state index is 13.2. The third kappa shape index (κ3) is 5.93. The topological polar surface area (TPSA) is 107 Å². The molecule has 0 saturated carbocycles. The van der Waals surface area contributed by atoms with Crippen molar-refractivity contribution in [2.24, 2.45) is 0 Å². The molecule has 0 atom stereocenters. The summed E-state index contributed by atoms with van der Waals surface area (Å²) >= 11 is 0.885. The van der Waals surface area contributed by atoms with Crippen LogP contribution in [0.4, 0.5) is 10.5 Å². The number of aromatic nitrogens is 1. The molecule has 1 aliphatic rings. The number of nitrogens with zero attached hydrogens (tertiary/aromatic N) is 2. The van der Waals surface area contributed by atoms with Gasteiger partial charge in [-0.05, 0) is 59.6 Å². The third-order valence-electron chi connectivity index (χ3n) is 7.21. The highest BCUT2D eigenvalue weighted by atomic mass is 32.2. The molecule has 1 aromatic heterocycles. The molecule has 44 heavy (non-hydrogen) atoms. The fourth-order valence-electron chi connectivity index (χ4n) is 5.09. The molecule has 0 aliphatic carbocycles. The average Bonchev–Trinajstić information content (AvgIpc) is 3.52. The average molecular weight is 606 g/mol. The molecule has 3 amide bonds. The lowest BCUT2D eigenvalue weighted by Crippen LogP contribution is -2.32. The van der Waals surface area contributed by atoms with Crippen LogP contribution < -0.4 is 10.1 Å². The zero-order valence-electron chi connectivity index (χ0n) is 23.7. The number of esters is 1. The van der Waals surface area contributed by atoms with E-state index in [1.54, 1.807) is 41.1 Å². The van der Waals surface area contributed by atoms with E-state index in [9.17, 15) is 19.2 Å². The SMILES string of the molecule is COC(=O)c1ccc(NC(=O)Cn2cc(/C=C3\SC(=O)N(CCOc4cccc5ccccc45)C3=O)c3ccccc32)cc1. The number of hydrogen-bond acceptors (Lipinski definition) is 7. The largest absolute Gasteiger partial charge is 0.491 e. The quantitative estimate of drug-likeness (QED) is 0.154. The second-order valence-electron chi connectivity index (χ2n) is 10.0. The Balaban J connectivity index is 1.15. The van der Waals surface area contributed by atoms with Crippen molar-refractivity contribution in [1.29, 1.82) is 0 Å². The van der Waals surface area contributed by atoms with Crippen molar-refractivity contribution in [2.75, 3.05) is 25.6 Å². The molecule has 6 rings (SSSR count). The van der Waals surface area contributed by atoms with E-state index >= 15 is 0 Å². The van der Waals surface area contributed by atoms with E-state index in [0.717, 1.165) is 33.4 Å². The predicted octanol–water partition coefficient (Wildman–Crippen LogP) is 6.34. The van der Waals surface area contributed by atoms with Crippen LogP contribution in [0.1, 0.15) is 15.9 Å². The molecule has 5 aromatic rings. The molecule has 1 N–H and O–H groups in total. The van der Waals surface area contributed by atoms with Gasteiger partial charge in [0.2, 0.25) is 5.91 Å². The van der Waals surface area contributed by atoms with Gasteiger partial charge in [-0.1, -0.05) is 54.6 Å². The van der Waals surface area contributed by atoms with Crippen LogP contribution in [0.3, 0.4) is 0 Å². The van der Waals surface area contributed by atoms with Crippen LogP contribution >= 0.6 is 11.8 Å². The maximum absolute atomic E-state index is 13.2. The summed E-state index contributed by atoms with van der Waals surface area (Å²) in [7, 11) is 1.31. The van der Waals surface area contributed by atoms with E-state index in [-0.39, 0.29) is 36.7 Å². The number of carbonyl (C=O) groups is 4. The number of rotatable bonds is 9. The lowest BCUT2D eigenvalue weighted by Gasteiger charge is -2.14. The number of amides is 3. The summed E-state index contributed by atoms with van der Waals surface area (Å²) in [6, 6.07) is 27.6. The normalized spacial score (nSPS) is 14.0. The number of hydrogen-bond donors (Lipinski definition) is 1. The van der Waals surface area contributed by atoms with Crippen LogP contribution in [0, 0.1) is 0 Å². The monoisotopic (exact) mass is 605 g/mol. The number of thioether (sulfide) groups is 1. The summed E-state index contributed by atoms with van der Waals surface area (Å²) in [6.45, 7) is 0.299. The third-order valence-corrected chi connectivity index (χ3v) is 8.11. The smallest absolute Gasteiger partial charge is 0.337 e. The minimum absolute atomic E-state index is 0.0140. The van der Waals surface area contributed by atoms with Gasteiger partial charge in [-0.2, -0.15) is 0 Å². The van der Waals surface area contributed by atoms with Gasteiger partial charge in [-0.3, -0.25) is 19.3 Å². The van der Waals surface area contributed by atoms with E-state index in [1.807, 2.05) is 66.7 Å². The Morgan fingerprint density at radius 2 is 1.61 bits per heavy atom. The van der Waals surface area contributed by atoms with Crippen molar-refractivity contribution >= 4 is 68.2 Å². The van der Waals surface area contributed by atoms with Crippen LogP contribution in [0.5, 0.6) is 5.75 Å². The Kier molecular flexibility index (Phi) is 8.16. The molecule has 9 nitrogen and oxygen atoms in total. The number of nitrogens with one attached hydrogen (secondary N) is 1. The van der Waals surface area contributed by atoms with Gasteiger partial charge in [0.1, 0.15) is 18.9 Å². The molecule has 0 bridgehead atoms. The lowest BCUT2D eigenvalue weighted by molar-refractivity contribution is -0.123. The van der Waals surface area contributed by atoms with E-state index in [1.165, 1.54) is 12.0 Å². The zero-order chi connectivity index (χ0) is 30.6. The van der Waals surface area contributed by atoms with Crippen molar-refractivity contribution in [3.05, 3.63) is 113 Å². The van der Waals surface area contributed by atoms with E-state index in [2.05, 4.69) is 5.32 Å². The molecule has 0 unspecified atom stereocenters. The highest BCUT2D eigenvalue weighted by molar-refractivity contribution is 8.18. The molecule has 10 heteroatoms. The van der Waals surface area contributed by atoms with E-state index in [4.69, 9.17) is 9.47 Å². The van der Waals surface area contributed by atoms with Crippen molar-refractivity contribution in [1.82, 2.24) is 9.47 Å². The molecule has 0 spiro atoms. The summed E-state index contributed by atoms with van der Waals surface area (Å²) in [4.78, 5) is 52.1. The molecular formula is C34H27N3O6S. The molecule has 2 heterocycles. The van der Waals surface area contributed by atoms with E-state index in [0.29, 0.717) is 27.5 Å². The Bertz CT molecular complexity index is 1940. The number of fused-ring (bicyclic) bond motifs is 2. The summed E-state index contributed by atoms with van der Waals surface area (Å²) in [5.41, 5.74) is 2.44. The van der Waals surface area contributed by atoms with Gasteiger partial charge >= 0.3 is 5.97 Å². The minimum Gasteiger partial charge on any atom is -0.491 e. The first-order valence-corrected chi connectivity index (χ1v) is 14.6. The van der Waals surface area contributed by atoms with Crippen LogP contribution in [-0.4, -0.2) is 52.8 Å². The fraction of sp³-hybridized carbons (Fsp3) is 0.118. The number of para-hydroxylation sites is 1. The van der Waals surface area contributed by atoms with Crippen molar-refractivity contribution < 1.29 is 28.7 Å². The number of carbonyl (C=O) groups excluding carboxylic acids is 4. The number of benzene rings is 4. The molecule has 0 radical (unpaired) electrons. The van der Waals surface area contributed by atoms with Gasteiger partial charge in [0.25, 0.3) is 11.1 Å². The molecule has 1 fully saturated rings. The van der Waals surface area contributed by atoms with E-state index < -0.39 is 5.97 Å². The molecule has 1 aliphatic heterocycles. The first kappa shape index (κ1) is 28.8. The first-order chi connectivity index (χ1) is 21.4. The number of imide groups is 1. The molecule has 220 valence electrons. The molecule has 4 aromatic carbocycles. The Morgan fingerprint density at radius 3 is 2.41 bits per heavy atom. The second-order valence-corrected chi connectivity index (χ2v) is 11.0. The summed E-state index contributed by atoms with van der Waals surface area (Å²) < 4.78 is 12.5. The van der Waals surface area contributed by atoms with Crippen molar-refractivity contribution in [3.8, 4) is 5.75 Å². The summed E-state index contributed by atoms with van der Waals surface area (Å²) in [5, 5.41) is 5.33. The number of anilines is 1. The van der Waals surface area contributed by atoms with Crippen molar-refractivity contribution in [3.63, 3.8) is 0 Å². The zero-order valence-corrected chi connectivity index (χ0v) is 24.5.